The van der Waals surface area contributed by atoms with Crippen molar-refractivity contribution in [2.45, 2.75) is 13.0 Å². The van der Waals surface area contributed by atoms with Gasteiger partial charge in [-0.25, -0.2) is 9.97 Å². The number of fused-ring (bicyclic) bond motifs is 4. The molecule has 0 aliphatic carbocycles. The van der Waals surface area contributed by atoms with Gasteiger partial charge in [0.2, 0.25) is 0 Å². The molecule has 4 aromatic rings. The lowest BCUT2D eigenvalue weighted by atomic mass is 10.1. The number of nitrogen functional groups attached to an aromatic ring is 1. The standard InChI is InChI=1S/C21H18BrN5O2/c1-11-24-9-17-20(23)25-15-6-3-12(7-16(15)27(11)17)21(28)26(2)18-10-29-19-8-13(22)4-5-14(18)19/h3-9,18H,10H2,1-2H3,(H2,23,25). The lowest BCUT2D eigenvalue weighted by Gasteiger charge is -2.24. The summed E-state index contributed by atoms with van der Waals surface area (Å²) in [7, 11) is 1.80. The molecule has 1 unspecified atom stereocenters. The molecule has 0 fully saturated rings. The Bertz CT molecular complexity index is 1300. The van der Waals surface area contributed by atoms with Crippen molar-refractivity contribution < 1.29 is 9.53 Å². The number of aryl methyl sites for hydroxylation is 1. The first-order valence-corrected chi connectivity index (χ1v) is 9.96. The molecular formula is C21H18BrN5O2. The van der Waals surface area contributed by atoms with Crippen LogP contribution in [0.2, 0.25) is 0 Å². The van der Waals surface area contributed by atoms with Crippen LogP contribution in [0.25, 0.3) is 16.6 Å². The van der Waals surface area contributed by atoms with Crippen LogP contribution in [0, 0.1) is 6.92 Å². The summed E-state index contributed by atoms with van der Waals surface area (Å²) in [5.41, 5.74) is 9.89. The second-order valence-electron chi connectivity index (χ2n) is 7.15. The number of amides is 1. The molecule has 0 spiro atoms. The van der Waals surface area contributed by atoms with E-state index in [1.165, 1.54) is 0 Å². The van der Waals surface area contributed by atoms with E-state index < -0.39 is 0 Å². The smallest absolute Gasteiger partial charge is 0.254 e. The minimum atomic E-state index is -0.138. The van der Waals surface area contributed by atoms with Crippen molar-refractivity contribution in [3.8, 4) is 5.75 Å². The summed E-state index contributed by atoms with van der Waals surface area (Å²) in [5, 5.41) is 0. The lowest BCUT2D eigenvalue weighted by molar-refractivity contribution is 0.0708. The van der Waals surface area contributed by atoms with Gasteiger partial charge >= 0.3 is 0 Å². The van der Waals surface area contributed by atoms with Crippen LogP contribution >= 0.6 is 15.9 Å². The number of halogens is 1. The van der Waals surface area contributed by atoms with Gasteiger partial charge in [0, 0.05) is 22.6 Å². The Labute approximate surface area is 175 Å². The van der Waals surface area contributed by atoms with Gasteiger partial charge in [0.05, 0.1) is 23.3 Å². The maximum absolute atomic E-state index is 13.3. The summed E-state index contributed by atoms with van der Waals surface area (Å²) < 4.78 is 8.67. The monoisotopic (exact) mass is 451 g/mol. The molecule has 0 radical (unpaired) electrons. The predicted octanol–water partition coefficient (Wildman–Crippen LogP) is 3.74. The zero-order valence-electron chi connectivity index (χ0n) is 15.9. The van der Waals surface area contributed by atoms with E-state index in [9.17, 15) is 4.79 Å². The van der Waals surface area contributed by atoms with Gasteiger partial charge in [0.25, 0.3) is 5.91 Å². The lowest BCUT2D eigenvalue weighted by Crippen LogP contribution is -2.32. The normalized spacial score (nSPS) is 15.5. The molecule has 5 rings (SSSR count). The number of carbonyl (C=O) groups is 1. The van der Waals surface area contributed by atoms with Gasteiger partial charge in [0.1, 0.15) is 29.5 Å². The van der Waals surface area contributed by atoms with E-state index in [0.29, 0.717) is 18.0 Å². The fraction of sp³-hybridized carbons (Fsp3) is 0.190. The van der Waals surface area contributed by atoms with Crippen LogP contribution in [0.5, 0.6) is 5.75 Å². The largest absolute Gasteiger partial charge is 0.491 e. The van der Waals surface area contributed by atoms with E-state index in [1.54, 1.807) is 24.2 Å². The summed E-state index contributed by atoms with van der Waals surface area (Å²) in [6.45, 7) is 2.34. The van der Waals surface area contributed by atoms with Crippen LogP contribution in [-0.4, -0.2) is 38.8 Å². The Kier molecular flexibility index (Phi) is 3.99. The summed E-state index contributed by atoms with van der Waals surface area (Å²) >= 11 is 3.45. The number of nitrogens with zero attached hydrogens (tertiary/aromatic N) is 4. The van der Waals surface area contributed by atoms with E-state index in [0.717, 1.165) is 38.2 Å². The summed E-state index contributed by atoms with van der Waals surface area (Å²) in [6, 6.07) is 11.2. The third kappa shape index (κ3) is 2.74. The van der Waals surface area contributed by atoms with E-state index in [4.69, 9.17) is 10.5 Å². The maximum Gasteiger partial charge on any atom is 0.254 e. The molecule has 7 nitrogen and oxygen atoms in total. The summed E-state index contributed by atoms with van der Waals surface area (Å²) in [4.78, 5) is 23.8. The number of ether oxygens (including phenoxy) is 1. The van der Waals surface area contributed by atoms with Crippen molar-refractivity contribution in [3.63, 3.8) is 0 Å². The third-order valence-corrected chi connectivity index (χ3v) is 5.92. The van der Waals surface area contributed by atoms with Crippen LogP contribution in [0.15, 0.2) is 47.1 Å². The second-order valence-corrected chi connectivity index (χ2v) is 8.07. The highest BCUT2D eigenvalue weighted by Crippen LogP contribution is 2.38. The van der Waals surface area contributed by atoms with Crippen molar-refractivity contribution in [1.82, 2.24) is 19.3 Å². The molecule has 2 aromatic carbocycles. The number of aromatic nitrogens is 3. The van der Waals surface area contributed by atoms with Crippen LogP contribution in [0.1, 0.15) is 27.8 Å². The topological polar surface area (TPSA) is 85.8 Å². The van der Waals surface area contributed by atoms with Crippen molar-refractivity contribution in [3.05, 3.63) is 64.0 Å². The van der Waals surface area contributed by atoms with Crippen LogP contribution in [0.4, 0.5) is 5.82 Å². The Morgan fingerprint density at radius 2 is 2.10 bits per heavy atom. The fourth-order valence-electron chi connectivity index (χ4n) is 3.88. The first kappa shape index (κ1) is 17.9. The molecule has 0 bridgehead atoms. The average Bonchev–Trinajstić information content (AvgIpc) is 3.30. The quantitative estimate of drug-likeness (QED) is 0.501. The molecular weight excluding hydrogens is 434 g/mol. The molecule has 3 heterocycles. The van der Waals surface area contributed by atoms with E-state index in [2.05, 4.69) is 25.9 Å². The number of anilines is 1. The van der Waals surface area contributed by atoms with Gasteiger partial charge in [-0.2, -0.15) is 0 Å². The maximum atomic E-state index is 13.3. The van der Waals surface area contributed by atoms with Crippen molar-refractivity contribution in [2.75, 3.05) is 19.4 Å². The molecule has 1 aliphatic heterocycles. The minimum Gasteiger partial charge on any atom is -0.491 e. The zero-order valence-corrected chi connectivity index (χ0v) is 17.5. The number of rotatable bonds is 2. The van der Waals surface area contributed by atoms with Gasteiger partial charge in [0.15, 0.2) is 0 Å². The van der Waals surface area contributed by atoms with E-state index in [1.807, 2.05) is 41.7 Å². The minimum absolute atomic E-state index is 0.0842. The Hall–Kier alpha value is -3.13. The molecule has 0 saturated heterocycles. The molecule has 2 N–H and O–H groups in total. The second kappa shape index (κ2) is 6.45. The fourth-order valence-corrected chi connectivity index (χ4v) is 4.22. The van der Waals surface area contributed by atoms with E-state index in [-0.39, 0.29) is 11.9 Å². The molecule has 2 aromatic heterocycles. The Morgan fingerprint density at radius 1 is 1.28 bits per heavy atom. The third-order valence-electron chi connectivity index (χ3n) is 5.42. The van der Waals surface area contributed by atoms with Gasteiger partial charge in [-0.3, -0.25) is 9.20 Å². The van der Waals surface area contributed by atoms with Gasteiger partial charge in [-0.15, -0.1) is 0 Å². The van der Waals surface area contributed by atoms with Crippen LogP contribution < -0.4 is 10.5 Å². The molecule has 1 atom stereocenters. The highest BCUT2D eigenvalue weighted by molar-refractivity contribution is 9.10. The molecule has 0 saturated carbocycles. The van der Waals surface area contributed by atoms with Crippen molar-refractivity contribution >= 4 is 44.2 Å². The molecule has 146 valence electrons. The molecule has 8 heteroatoms. The highest BCUT2D eigenvalue weighted by Gasteiger charge is 2.31. The number of benzene rings is 2. The first-order chi connectivity index (χ1) is 13.9. The van der Waals surface area contributed by atoms with Crippen LogP contribution in [0.3, 0.4) is 0 Å². The number of hydrogen-bond donors (Lipinski definition) is 1. The predicted molar refractivity (Wildman–Crippen MR) is 114 cm³/mol. The van der Waals surface area contributed by atoms with Crippen LogP contribution in [-0.2, 0) is 0 Å². The Balaban J connectivity index is 1.56. The number of likely N-dealkylation sites (N-methyl/N-ethyl adjacent to an activating group) is 1. The summed E-state index contributed by atoms with van der Waals surface area (Å²) in [5.74, 6) is 1.93. The molecule has 1 amide bonds. The Morgan fingerprint density at radius 3 is 2.93 bits per heavy atom. The number of imidazole rings is 1. The highest BCUT2D eigenvalue weighted by atomic mass is 79.9. The average molecular weight is 452 g/mol. The van der Waals surface area contributed by atoms with Gasteiger partial charge in [-0.1, -0.05) is 22.0 Å². The molecule has 1 aliphatic rings. The zero-order chi connectivity index (χ0) is 20.3. The van der Waals surface area contributed by atoms with Crippen molar-refractivity contribution in [1.29, 1.82) is 0 Å². The van der Waals surface area contributed by atoms with Crippen molar-refractivity contribution in [2.24, 2.45) is 0 Å². The number of nitrogens with two attached hydrogens (primary N) is 1. The first-order valence-electron chi connectivity index (χ1n) is 9.17. The molecule has 29 heavy (non-hydrogen) atoms. The number of carbonyl (C=O) groups excluding carboxylic acids is 1. The number of hydrogen-bond acceptors (Lipinski definition) is 5. The van der Waals surface area contributed by atoms with Gasteiger partial charge in [-0.05, 0) is 37.3 Å². The summed E-state index contributed by atoms with van der Waals surface area (Å²) in [6.07, 6.45) is 1.70. The van der Waals surface area contributed by atoms with Gasteiger partial charge < -0.3 is 15.4 Å². The SMILES string of the molecule is Cc1ncc2c(N)nc3ccc(C(=O)N(C)C4COc5cc(Br)ccc54)cc3n12. The van der Waals surface area contributed by atoms with E-state index >= 15 is 0 Å².